The summed E-state index contributed by atoms with van der Waals surface area (Å²) in [6.45, 7) is 1.92. The zero-order valence-electron chi connectivity index (χ0n) is 14.9. The summed E-state index contributed by atoms with van der Waals surface area (Å²) in [6.07, 6.45) is 5.10. The van der Waals surface area contributed by atoms with Gasteiger partial charge in [-0.3, -0.25) is 9.78 Å². The molecule has 0 saturated carbocycles. The van der Waals surface area contributed by atoms with Gasteiger partial charge in [0, 0.05) is 49.2 Å². The van der Waals surface area contributed by atoms with E-state index in [0.29, 0.717) is 25.5 Å². The van der Waals surface area contributed by atoms with Gasteiger partial charge in [0.25, 0.3) is 5.91 Å². The van der Waals surface area contributed by atoms with Crippen LogP contribution < -0.4 is 5.32 Å². The molecule has 1 amide bonds. The Kier molecular flexibility index (Phi) is 4.98. The number of carbonyl (C=O) groups excluding carboxylic acids is 1. The molecule has 1 fully saturated rings. The maximum absolute atomic E-state index is 12.6. The van der Waals surface area contributed by atoms with Crippen LogP contribution in [0.3, 0.4) is 0 Å². The molecule has 1 aliphatic heterocycles. The lowest BCUT2D eigenvalue weighted by molar-refractivity contribution is 0.0486. The van der Waals surface area contributed by atoms with E-state index in [-0.39, 0.29) is 17.0 Å². The maximum Gasteiger partial charge on any atom is 0.273 e. The highest BCUT2D eigenvalue weighted by Gasteiger charge is 2.35. The fourth-order valence-electron chi connectivity index (χ4n) is 3.49. The van der Waals surface area contributed by atoms with Crippen molar-refractivity contribution in [3.8, 4) is 11.3 Å². The van der Waals surface area contributed by atoms with Crippen molar-refractivity contribution in [1.29, 1.82) is 0 Å². The Balaban J connectivity index is 1.48. The highest BCUT2D eigenvalue weighted by molar-refractivity contribution is 5.93. The fraction of sp³-hybridized carbons (Fsp3) is 0.286. The van der Waals surface area contributed by atoms with Crippen LogP contribution in [0.25, 0.3) is 11.3 Å². The van der Waals surface area contributed by atoms with Gasteiger partial charge in [-0.15, -0.1) is 0 Å². The second kappa shape index (κ2) is 7.72. The van der Waals surface area contributed by atoms with Gasteiger partial charge in [-0.1, -0.05) is 35.5 Å². The van der Waals surface area contributed by atoms with E-state index in [4.69, 9.17) is 9.26 Å². The first kappa shape index (κ1) is 17.4. The second-order valence-corrected chi connectivity index (χ2v) is 6.76. The molecule has 3 heterocycles. The first-order valence-electron chi connectivity index (χ1n) is 9.05. The average Bonchev–Trinajstić information content (AvgIpc) is 3.24. The van der Waals surface area contributed by atoms with E-state index < -0.39 is 0 Å². The van der Waals surface area contributed by atoms with Crippen molar-refractivity contribution in [1.82, 2.24) is 15.5 Å². The first-order valence-corrected chi connectivity index (χ1v) is 9.05. The maximum atomic E-state index is 12.6. The van der Waals surface area contributed by atoms with E-state index in [1.165, 1.54) is 5.56 Å². The highest BCUT2D eigenvalue weighted by Crippen LogP contribution is 2.34. The average molecular weight is 363 g/mol. The summed E-state index contributed by atoms with van der Waals surface area (Å²) in [5.74, 6) is 0.285. The Hall–Kier alpha value is -2.99. The number of benzene rings is 1. The van der Waals surface area contributed by atoms with E-state index in [1.54, 1.807) is 18.5 Å². The molecule has 138 valence electrons. The van der Waals surface area contributed by atoms with Gasteiger partial charge in [-0.2, -0.15) is 0 Å². The molecule has 4 rings (SSSR count). The lowest BCUT2D eigenvalue weighted by atomic mass is 9.74. The second-order valence-electron chi connectivity index (χ2n) is 6.76. The quantitative estimate of drug-likeness (QED) is 0.753. The van der Waals surface area contributed by atoms with Crippen LogP contribution in [0.15, 0.2) is 65.4 Å². The van der Waals surface area contributed by atoms with Gasteiger partial charge in [-0.05, 0) is 30.5 Å². The number of nitrogens with zero attached hydrogens (tertiary/aromatic N) is 2. The number of hydrogen-bond acceptors (Lipinski definition) is 5. The van der Waals surface area contributed by atoms with E-state index in [9.17, 15) is 4.79 Å². The molecule has 0 bridgehead atoms. The van der Waals surface area contributed by atoms with E-state index >= 15 is 0 Å². The summed E-state index contributed by atoms with van der Waals surface area (Å²) in [7, 11) is 0. The number of amides is 1. The van der Waals surface area contributed by atoms with Crippen molar-refractivity contribution >= 4 is 5.91 Å². The van der Waals surface area contributed by atoms with Crippen LogP contribution in [-0.4, -0.2) is 35.8 Å². The molecular formula is C21H21N3O3. The SMILES string of the molecule is O=C(NCC1(c2ccccc2)CCOCC1)c1cc(-c2cccnc2)on1. The van der Waals surface area contributed by atoms with Gasteiger partial charge in [-0.25, -0.2) is 0 Å². The summed E-state index contributed by atoms with van der Waals surface area (Å²) in [4.78, 5) is 16.7. The molecule has 1 N–H and O–H groups in total. The molecule has 27 heavy (non-hydrogen) atoms. The lowest BCUT2D eigenvalue weighted by Gasteiger charge is -2.37. The molecule has 2 aromatic heterocycles. The van der Waals surface area contributed by atoms with Crippen LogP contribution in [0.5, 0.6) is 0 Å². The van der Waals surface area contributed by atoms with Gasteiger partial charge >= 0.3 is 0 Å². The number of nitrogens with one attached hydrogen (secondary N) is 1. The van der Waals surface area contributed by atoms with Crippen LogP contribution >= 0.6 is 0 Å². The minimum absolute atomic E-state index is 0.120. The molecule has 1 aliphatic rings. The Morgan fingerprint density at radius 1 is 1.11 bits per heavy atom. The van der Waals surface area contributed by atoms with Crippen molar-refractivity contribution in [2.45, 2.75) is 18.3 Å². The molecule has 6 nitrogen and oxygen atoms in total. The van der Waals surface area contributed by atoms with Crippen LogP contribution in [0.2, 0.25) is 0 Å². The highest BCUT2D eigenvalue weighted by atomic mass is 16.5. The Morgan fingerprint density at radius 2 is 1.93 bits per heavy atom. The summed E-state index contributed by atoms with van der Waals surface area (Å²) < 4.78 is 10.8. The predicted octanol–water partition coefficient (Wildman–Crippen LogP) is 3.21. The molecule has 6 heteroatoms. The number of pyridine rings is 1. The fourth-order valence-corrected chi connectivity index (χ4v) is 3.49. The molecule has 0 atom stereocenters. The van der Waals surface area contributed by atoms with Crippen LogP contribution in [0.4, 0.5) is 0 Å². The van der Waals surface area contributed by atoms with E-state index in [1.807, 2.05) is 30.3 Å². The molecule has 0 unspecified atom stereocenters. The topological polar surface area (TPSA) is 77.2 Å². The van der Waals surface area contributed by atoms with Crippen molar-refractivity contribution < 1.29 is 14.1 Å². The zero-order valence-corrected chi connectivity index (χ0v) is 14.9. The third-order valence-corrected chi connectivity index (χ3v) is 5.11. The largest absolute Gasteiger partial charge is 0.381 e. The van der Waals surface area contributed by atoms with Crippen LogP contribution in [-0.2, 0) is 10.2 Å². The minimum atomic E-state index is -0.240. The lowest BCUT2D eigenvalue weighted by Crippen LogP contribution is -2.44. The third-order valence-electron chi connectivity index (χ3n) is 5.11. The number of hydrogen-bond donors (Lipinski definition) is 1. The molecule has 0 spiro atoms. The number of rotatable bonds is 5. The number of ether oxygens (including phenoxy) is 1. The van der Waals surface area contributed by atoms with Crippen molar-refractivity contribution in [3.05, 3.63) is 72.2 Å². The normalized spacial score (nSPS) is 16.0. The van der Waals surface area contributed by atoms with Crippen LogP contribution in [0.1, 0.15) is 28.9 Å². The van der Waals surface area contributed by atoms with Crippen LogP contribution in [0, 0.1) is 0 Å². The third kappa shape index (κ3) is 3.75. The van der Waals surface area contributed by atoms with Gasteiger partial charge in [0.2, 0.25) is 0 Å². The summed E-state index contributed by atoms with van der Waals surface area (Å²) in [6, 6.07) is 15.6. The Labute approximate surface area is 157 Å². The van der Waals surface area contributed by atoms with Gasteiger partial charge < -0.3 is 14.6 Å². The van der Waals surface area contributed by atoms with Gasteiger partial charge in [0.15, 0.2) is 11.5 Å². The molecule has 1 saturated heterocycles. The van der Waals surface area contributed by atoms with Gasteiger partial charge in [0.05, 0.1) is 0 Å². The van der Waals surface area contributed by atoms with Crippen molar-refractivity contribution in [2.24, 2.45) is 0 Å². The minimum Gasteiger partial charge on any atom is -0.381 e. The van der Waals surface area contributed by atoms with Crippen molar-refractivity contribution in [2.75, 3.05) is 19.8 Å². The smallest absolute Gasteiger partial charge is 0.273 e. The predicted molar refractivity (Wildman–Crippen MR) is 100 cm³/mol. The Morgan fingerprint density at radius 3 is 2.67 bits per heavy atom. The number of carbonyl (C=O) groups is 1. The number of aromatic nitrogens is 2. The molecule has 3 aromatic rings. The first-order chi connectivity index (χ1) is 13.3. The zero-order chi connectivity index (χ0) is 18.5. The summed E-state index contributed by atoms with van der Waals surface area (Å²) in [5.41, 5.74) is 2.16. The van der Waals surface area contributed by atoms with E-state index in [2.05, 4.69) is 27.6 Å². The monoisotopic (exact) mass is 363 g/mol. The molecule has 0 aliphatic carbocycles. The standard InChI is InChI=1S/C21H21N3O3/c25-20(18-13-19(27-24-18)16-5-4-10-22-14-16)23-15-21(8-11-26-12-9-21)17-6-2-1-3-7-17/h1-7,10,13-14H,8-9,11-12,15H2,(H,23,25). The van der Waals surface area contributed by atoms with Crippen molar-refractivity contribution in [3.63, 3.8) is 0 Å². The molecular weight excluding hydrogens is 342 g/mol. The summed E-state index contributed by atoms with van der Waals surface area (Å²) in [5, 5.41) is 6.95. The van der Waals surface area contributed by atoms with E-state index in [0.717, 1.165) is 18.4 Å². The Bertz CT molecular complexity index is 887. The van der Waals surface area contributed by atoms with Gasteiger partial charge in [0.1, 0.15) is 0 Å². The molecule has 1 aromatic carbocycles. The summed E-state index contributed by atoms with van der Waals surface area (Å²) >= 11 is 0. The molecule has 0 radical (unpaired) electrons.